The summed E-state index contributed by atoms with van der Waals surface area (Å²) in [6.07, 6.45) is 2.47. The van der Waals surface area contributed by atoms with E-state index in [1.54, 1.807) is 28.4 Å². The summed E-state index contributed by atoms with van der Waals surface area (Å²) >= 11 is 0. The Bertz CT molecular complexity index is 866. The van der Waals surface area contributed by atoms with Crippen molar-refractivity contribution in [2.45, 2.75) is 25.4 Å². The molecule has 7 heteroatoms. The van der Waals surface area contributed by atoms with Gasteiger partial charge in [-0.2, -0.15) is 0 Å². The largest absolute Gasteiger partial charge is 0.496 e. The molecule has 1 heterocycles. The molecule has 3 rings (SSSR count). The van der Waals surface area contributed by atoms with E-state index in [-0.39, 0.29) is 6.04 Å². The van der Waals surface area contributed by atoms with E-state index in [2.05, 4.69) is 32.7 Å². The quantitative estimate of drug-likeness (QED) is 0.474. The average molecular weight is 427 g/mol. The fourth-order valence-electron chi connectivity index (χ4n) is 4.02. The highest BCUT2D eigenvalue weighted by Crippen LogP contribution is 2.31. The van der Waals surface area contributed by atoms with E-state index >= 15 is 0 Å². The van der Waals surface area contributed by atoms with Crippen LogP contribution in [0, 0.1) is 0 Å². The number of hydrogen-bond donors (Lipinski definition) is 2. The van der Waals surface area contributed by atoms with Crippen LogP contribution in [-0.4, -0.2) is 58.9 Å². The first-order chi connectivity index (χ1) is 15.2. The minimum atomic E-state index is 0.221. The van der Waals surface area contributed by atoms with Crippen LogP contribution in [0.25, 0.3) is 0 Å². The van der Waals surface area contributed by atoms with Gasteiger partial charge in [-0.05, 0) is 49.7 Å². The second-order valence-electron chi connectivity index (χ2n) is 7.50. The minimum absolute atomic E-state index is 0.221. The Labute approximate surface area is 185 Å². The Kier molecular flexibility index (Phi) is 8.41. The van der Waals surface area contributed by atoms with Crippen LogP contribution in [0.15, 0.2) is 47.5 Å². The second kappa shape index (κ2) is 11.5. The predicted octanol–water partition coefficient (Wildman–Crippen LogP) is 3.21. The molecule has 1 unspecified atom stereocenters. The van der Waals surface area contributed by atoms with E-state index in [1.807, 2.05) is 30.3 Å². The van der Waals surface area contributed by atoms with Crippen molar-refractivity contribution in [3.05, 3.63) is 53.6 Å². The van der Waals surface area contributed by atoms with Crippen LogP contribution in [0.4, 0.5) is 0 Å². The molecule has 1 aliphatic rings. The lowest BCUT2D eigenvalue weighted by molar-refractivity contribution is 0.239. The van der Waals surface area contributed by atoms with E-state index in [4.69, 9.17) is 14.2 Å². The fraction of sp³-hybridized carbons (Fsp3) is 0.458. The number of guanidine groups is 1. The summed E-state index contributed by atoms with van der Waals surface area (Å²) in [4.78, 5) is 6.92. The summed E-state index contributed by atoms with van der Waals surface area (Å²) in [5, 5.41) is 6.90. The van der Waals surface area contributed by atoms with Crippen LogP contribution >= 0.6 is 0 Å². The average Bonchev–Trinajstić information content (AvgIpc) is 3.35. The van der Waals surface area contributed by atoms with Crippen molar-refractivity contribution < 1.29 is 14.2 Å². The lowest BCUT2D eigenvalue weighted by Gasteiger charge is -2.30. The van der Waals surface area contributed by atoms with Gasteiger partial charge in [0.1, 0.15) is 5.75 Å². The van der Waals surface area contributed by atoms with Gasteiger partial charge in [0, 0.05) is 25.7 Å². The van der Waals surface area contributed by atoms with Gasteiger partial charge in [-0.3, -0.25) is 9.89 Å². The maximum Gasteiger partial charge on any atom is 0.191 e. The highest BCUT2D eigenvalue weighted by molar-refractivity contribution is 5.79. The molecule has 2 aromatic rings. The van der Waals surface area contributed by atoms with Crippen molar-refractivity contribution in [3.8, 4) is 17.2 Å². The van der Waals surface area contributed by atoms with Gasteiger partial charge in [-0.1, -0.05) is 24.3 Å². The van der Waals surface area contributed by atoms with Crippen molar-refractivity contribution in [1.82, 2.24) is 15.5 Å². The lowest BCUT2D eigenvalue weighted by Crippen LogP contribution is -2.42. The number of ether oxygens (including phenoxy) is 3. The van der Waals surface area contributed by atoms with Gasteiger partial charge in [0.25, 0.3) is 0 Å². The maximum atomic E-state index is 5.64. The van der Waals surface area contributed by atoms with E-state index in [1.165, 1.54) is 18.4 Å². The Morgan fingerprint density at radius 1 is 0.935 bits per heavy atom. The number of methoxy groups -OCH3 is 3. The summed E-state index contributed by atoms with van der Waals surface area (Å²) in [5.41, 5.74) is 2.29. The number of nitrogens with zero attached hydrogens (tertiary/aromatic N) is 2. The Morgan fingerprint density at radius 3 is 2.32 bits per heavy atom. The molecule has 7 nitrogen and oxygen atoms in total. The van der Waals surface area contributed by atoms with Crippen molar-refractivity contribution in [2.75, 3.05) is 48.0 Å². The van der Waals surface area contributed by atoms with Gasteiger partial charge >= 0.3 is 0 Å². The van der Waals surface area contributed by atoms with Crippen LogP contribution < -0.4 is 24.8 Å². The molecule has 0 aromatic heterocycles. The predicted molar refractivity (Wildman–Crippen MR) is 124 cm³/mol. The molecule has 0 bridgehead atoms. The van der Waals surface area contributed by atoms with Crippen LogP contribution in [0.5, 0.6) is 17.2 Å². The zero-order valence-corrected chi connectivity index (χ0v) is 19.0. The molecule has 1 atom stereocenters. The molecule has 2 N–H and O–H groups in total. The maximum absolute atomic E-state index is 5.64. The first-order valence-electron chi connectivity index (χ1n) is 10.7. The van der Waals surface area contributed by atoms with Crippen molar-refractivity contribution in [1.29, 1.82) is 0 Å². The molecule has 0 aliphatic carbocycles. The zero-order valence-electron chi connectivity index (χ0n) is 19.0. The van der Waals surface area contributed by atoms with Gasteiger partial charge in [-0.25, -0.2) is 0 Å². The van der Waals surface area contributed by atoms with Crippen molar-refractivity contribution in [2.24, 2.45) is 4.99 Å². The molecule has 0 spiro atoms. The van der Waals surface area contributed by atoms with Gasteiger partial charge in [0.2, 0.25) is 0 Å². The fourth-order valence-corrected chi connectivity index (χ4v) is 4.02. The van der Waals surface area contributed by atoms with Crippen molar-refractivity contribution in [3.63, 3.8) is 0 Å². The molecule has 1 saturated heterocycles. The highest BCUT2D eigenvalue weighted by atomic mass is 16.5. The van der Waals surface area contributed by atoms with Crippen LogP contribution in [0.1, 0.15) is 30.0 Å². The smallest absolute Gasteiger partial charge is 0.191 e. The van der Waals surface area contributed by atoms with Crippen LogP contribution in [-0.2, 0) is 6.54 Å². The zero-order chi connectivity index (χ0) is 22.1. The molecule has 1 fully saturated rings. The van der Waals surface area contributed by atoms with Gasteiger partial charge < -0.3 is 24.8 Å². The number of para-hydroxylation sites is 1. The van der Waals surface area contributed by atoms with Crippen molar-refractivity contribution >= 4 is 5.96 Å². The SMILES string of the molecule is CN=C(NCc1ccc(OC)c(OC)c1)NCC(c1ccccc1OC)N1CCCC1. The molecule has 0 saturated carbocycles. The first kappa shape index (κ1) is 22.7. The van der Waals surface area contributed by atoms with Gasteiger partial charge in [0.05, 0.1) is 27.4 Å². The number of benzene rings is 2. The molecular weight excluding hydrogens is 392 g/mol. The number of nitrogens with one attached hydrogen (secondary N) is 2. The number of likely N-dealkylation sites (tertiary alicyclic amines) is 1. The monoisotopic (exact) mass is 426 g/mol. The van der Waals surface area contributed by atoms with E-state index in [0.29, 0.717) is 6.54 Å². The standard InChI is InChI=1S/C24H34N4O3/c1-25-24(26-16-18-11-12-22(30-3)23(15-18)31-4)27-17-20(28-13-7-8-14-28)19-9-5-6-10-21(19)29-2/h5-6,9-12,15,20H,7-8,13-14,16-17H2,1-4H3,(H2,25,26,27). The summed E-state index contributed by atoms with van der Waals surface area (Å²) in [6, 6.07) is 14.4. The molecule has 0 radical (unpaired) electrons. The molecule has 0 amide bonds. The molecule has 1 aliphatic heterocycles. The van der Waals surface area contributed by atoms with E-state index in [9.17, 15) is 0 Å². The van der Waals surface area contributed by atoms with Gasteiger partial charge in [-0.15, -0.1) is 0 Å². The third-order valence-corrected chi connectivity index (χ3v) is 5.67. The number of rotatable bonds is 9. The molecule has 2 aromatic carbocycles. The first-order valence-corrected chi connectivity index (χ1v) is 10.7. The Morgan fingerprint density at radius 2 is 1.65 bits per heavy atom. The topological polar surface area (TPSA) is 67.4 Å². The molecular formula is C24H34N4O3. The number of hydrogen-bond acceptors (Lipinski definition) is 5. The summed E-state index contributed by atoms with van der Waals surface area (Å²) in [5.74, 6) is 3.12. The summed E-state index contributed by atoms with van der Waals surface area (Å²) < 4.78 is 16.4. The summed E-state index contributed by atoms with van der Waals surface area (Å²) in [6.45, 7) is 3.57. The third kappa shape index (κ3) is 5.82. The van der Waals surface area contributed by atoms with Crippen LogP contribution in [0.3, 0.4) is 0 Å². The molecule has 168 valence electrons. The second-order valence-corrected chi connectivity index (χ2v) is 7.50. The summed E-state index contributed by atoms with van der Waals surface area (Å²) in [7, 11) is 6.81. The normalized spacial score (nSPS) is 15.4. The van der Waals surface area contributed by atoms with E-state index in [0.717, 1.165) is 48.4 Å². The van der Waals surface area contributed by atoms with Crippen LogP contribution in [0.2, 0.25) is 0 Å². The minimum Gasteiger partial charge on any atom is -0.496 e. The molecule has 31 heavy (non-hydrogen) atoms. The highest BCUT2D eigenvalue weighted by Gasteiger charge is 2.26. The Balaban J connectivity index is 1.66. The lowest BCUT2D eigenvalue weighted by atomic mass is 10.0. The van der Waals surface area contributed by atoms with E-state index < -0.39 is 0 Å². The third-order valence-electron chi connectivity index (χ3n) is 5.67. The Hall–Kier alpha value is -2.93. The number of aliphatic imine (C=N–C) groups is 1. The van der Waals surface area contributed by atoms with Gasteiger partial charge in [0.15, 0.2) is 17.5 Å².